The number of para-hydroxylation sites is 2. The van der Waals surface area contributed by atoms with Crippen molar-refractivity contribution in [3.05, 3.63) is 243 Å². The van der Waals surface area contributed by atoms with E-state index in [1.165, 1.54) is 0 Å². The Morgan fingerprint density at radius 1 is 0.550 bits per heavy atom. The second kappa shape index (κ2) is 38.4. The summed E-state index contributed by atoms with van der Waals surface area (Å²) in [5, 5.41) is 17.3. The molecule has 0 atom stereocenters. The fourth-order valence-electron chi connectivity index (χ4n) is 6.80. The third kappa shape index (κ3) is 21.6. The molecule has 0 spiro atoms. The molecule has 0 bridgehead atoms. The Balaban J connectivity index is 0.000000555. The van der Waals surface area contributed by atoms with E-state index in [0.717, 1.165) is 63.9 Å². The molecule has 0 saturated carbocycles. The van der Waals surface area contributed by atoms with Crippen LogP contribution in [-0.2, 0) is 50.3 Å². The van der Waals surface area contributed by atoms with E-state index in [0.29, 0.717) is 34.1 Å². The van der Waals surface area contributed by atoms with Crippen molar-refractivity contribution < 1.29 is 83.2 Å². The van der Waals surface area contributed by atoms with E-state index in [-0.39, 0.29) is 116 Å². The smallest absolute Gasteiger partial charge is 0.136 e. The molecule has 0 saturated heterocycles. The van der Waals surface area contributed by atoms with Gasteiger partial charge in [0.25, 0.3) is 0 Å². The van der Waals surface area contributed by atoms with Crippen LogP contribution in [0.2, 0.25) is 0 Å². The molecule has 5 radical (unpaired) electrons. The first-order chi connectivity index (χ1) is 40.5. The molecule has 6 aromatic carbocycles. The van der Waals surface area contributed by atoms with E-state index >= 15 is 0 Å². The van der Waals surface area contributed by atoms with Crippen LogP contribution >= 0.6 is 0 Å². The summed E-state index contributed by atoms with van der Waals surface area (Å²) in [5.41, 5.74) is 8.32. The van der Waals surface area contributed by atoms with Gasteiger partial charge in [-0.05, 0) is 89.7 Å². The number of benzene rings is 6. The fourth-order valence-corrected chi connectivity index (χ4v) is 6.80. The maximum atomic E-state index is 9.08. The van der Waals surface area contributed by atoms with Crippen LogP contribution in [0.25, 0.3) is 88.9 Å². The molecule has 12 aromatic rings. The van der Waals surface area contributed by atoms with E-state index in [1.807, 2.05) is 140 Å². The van der Waals surface area contributed by atoms with Crippen LogP contribution in [0.3, 0.4) is 0 Å². The van der Waals surface area contributed by atoms with Crippen LogP contribution in [0.5, 0.6) is 0 Å². The van der Waals surface area contributed by atoms with Gasteiger partial charge in [0.1, 0.15) is 16.7 Å². The number of rotatable bonds is 4. The molecule has 0 unspecified atom stereocenters. The fraction of sp³-hybridized carbons (Fsp3) is 0.0769. The number of furan rings is 2. The summed E-state index contributed by atoms with van der Waals surface area (Å²) in [5.74, 6) is 7.08. The van der Waals surface area contributed by atoms with Gasteiger partial charge in [-0.3, -0.25) is 4.98 Å². The number of aromatic nitrogens is 4. The van der Waals surface area contributed by atoms with E-state index in [1.54, 1.807) is 43.6 Å². The van der Waals surface area contributed by atoms with Gasteiger partial charge >= 0.3 is 0 Å². The molecule has 0 amide bonds. The first-order valence-corrected chi connectivity index (χ1v) is 24.4. The zero-order chi connectivity index (χ0) is 61.3. The van der Waals surface area contributed by atoms with Gasteiger partial charge in [-0.15, -0.1) is 95.9 Å². The van der Waals surface area contributed by atoms with E-state index in [2.05, 4.69) is 55.9 Å². The first kappa shape index (κ1) is 56.6. The van der Waals surface area contributed by atoms with E-state index in [9.17, 15) is 0 Å². The molecule has 15 heteroatoms. The minimum absolute atomic E-state index is 0. The van der Waals surface area contributed by atoms with Gasteiger partial charge in [-0.1, -0.05) is 116 Å². The normalized spacial score (nSPS) is 10.7. The molecule has 0 aliphatic rings. The molecule has 6 aromatic heterocycles. The van der Waals surface area contributed by atoms with Gasteiger partial charge in [-0.25, -0.2) is 8.42 Å². The standard InChI is InChI=1S/C17H11NO.C17H10NO.2C11H8N.C5H4.CH4O3S.2CH4O.CH4.B.2Ir/c2*1-2-9-15-13(6-1)17-12(7-5-10-16(17)19-15)14-8-3-4-11-18-14;2*1-2-6-10(7-3-1)11-8-4-5-9-12-11;1-3-5-4-2;1-5(2,3)4;2*1-2;;;;/h1-11H;1-6,8-11H;2*1-6,8-9H;1H,2H3;1H3,(H,2,3,4);2*2H,1H3;1H4;;;/q;3*-1;;;;;;;;/p-1/i2*3D,4D,8D,11D;;;;;;;;;;. The molecule has 409 valence electrons. The molecule has 6 heterocycles. The van der Waals surface area contributed by atoms with Gasteiger partial charge in [0, 0.05) is 110 Å². The summed E-state index contributed by atoms with van der Waals surface area (Å²) >= 11 is 0. The zero-order valence-electron chi connectivity index (χ0n) is 50.7. The predicted molar refractivity (Wildman–Crippen MR) is 316 cm³/mol. The van der Waals surface area contributed by atoms with Gasteiger partial charge in [0.15, 0.2) is 0 Å². The van der Waals surface area contributed by atoms with Crippen LogP contribution in [0.1, 0.15) is 25.3 Å². The summed E-state index contributed by atoms with van der Waals surface area (Å²) in [7, 11) is -1.92. The molecule has 80 heavy (non-hydrogen) atoms. The Labute approximate surface area is 509 Å². The van der Waals surface area contributed by atoms with Gasteiger partial charge in [0.05, 0.1) is 32.4 Å². The van der Waals surface area contributed by atoms with Crippen LogP contribution in [0.4, 0.5) is 0 Å². The van der Waals surface area contributed by atoms with Crippen molar-refractivity contribution >= 4 is 62.4 Å². The van der Waals surface area contributed by atoms with Crippen molar-refractivity contribution in [1.82, 2.24) is 19.9 Å². The minimum Gasteiger partial charge on any atom is -0.748 e. The van der Waals surface area contributed by atoms with Crippen molar-refractivity contribution in [3.63, 3.8) is 0 Å². The second-order valence-corrected chi connectivity index (χ2v) is 16.0. The molecular formula is C65H56BIr2N4O7S-4. The summed E-state index contributed by atoms with van der Waals surface area (Å²) in [6, 6.07) is 59.1. The quantitative estimate of drug-likeness (QED) is 0.0742. The van der Waals surface area contributed by atoms with E-state index in [4.69, 9.17) is 49.4 Å². The molecule has 12 rings (SSSR count). The number of nitrogens with zero attached hydrogens (tertiary/aromatic N) is 4. The Hall–Kier alpha value is -8.17. The van der Waals surface area contributed by atoms with Crippen molar-refractivity contribution in [1.29, 1.82) is 0 Å². The van der Waals surface area contributed by atoms with Gasteiger partial charge < -0.3 is 38.6 Å². The molecular weight excluding hydrogens is 1380 g/mol. The third-order valence-corrected chi connectivity index (χ3v) is 9.66. The summed E-state index contributed by atoms with van der Waals surface area (Å²) in [6.07, 6.45) is 8.27. The number of aliphatic hydroxyl groups is 2. The summed E-state index contributed by atoms with van der Waals surface area (Å²) < 4.78 is 102. The maximum absolute atomic E-state index is 9.08. The van der Waals surface area contributed by atoms with Crippen molar-refractivity contribution in [3.8, 4) is 69.2 Å². The largest absolute Gasteiger partial charge is 0.748 e. The predicted octanol–water partition coefficient (Wildman–Crippen LogP) is 13.5. The topological polar surface area (TPSA) is 175 Å². The van der Waals surface area contributed by atoms with Crippen LogP contribution < -0.4 is 0 Å². The van der Waals surface area contributed by atoms with Crippen molar-refractivity contribution in [2.75, 3.05) is 20.5 Å². The summed E-state index contributed by atoms with van der Waals surface area (Å²) in [6.45, 7) is 1.71. The number of hydrogen-bond donors (Lipinski definition) is 2. The van der Waals surface area contributed by atoms with Crippen LogP contribution in [0, 0.1) is 42.4 Å². The Morgan fingerprint density at radius 3 is 1.46 bits per heavy atom. The SMILES string of the molecule is C.C#CC#CC.CO.CO.CS(=O)(=O)[O-].[2H]c1nc(-c2[c-]ccc3oc4ccccc4c23)c([2H])c([2H])c1[2H].[2H]c1nc(-c2cccc3oc4ccccc4c23)c([2H])c([2H])c1[2H].[B].[Ir].[Ir].[c-]1ccccc1-c1ccccn1.[c-]1ccccc1-c1ccccn1. The second-order valence-electron chi connectivity index (χ2n) is 14.6. The minimum atomic E-state index is -3.92. The average Bonchev–Trinajstić information content (AvgIpc) is 1.83. The number of fused-ring (bicyclic) bond motifs is 6. The molecule has 0 fully saturated rings. The van der Waals surface area contributed by atoms with Gasteiger partial charge in [0.2, 0.25) is 0 Å². The van der Waals surface area contributed by atoms with Crippen molar-refractivity contribution in [2.45, 2.75) is 14.4 Å². The number of pyridine rings is 4. The molecule has 0 aliphatic heterocycles. The number of terminal acetylenes is 1. The van der Waals surface area contributed by atoms with Crippen LogP contribution in [0.15, 0.2) is 234 Å². The molecule has 11 nitrogen and oxygen atoms in total. The Bertz CT molecular complexity index is 4010. The first-order valence-electron chi connectivity index (χ1n) is 26.6. The molecule has 2 N–H and O–H groups in total. The zero-order valence-corrected chi connectivity index (χ0v) is 48.3. The Kier molecular flexibility index (Phi) is 27.2. The average molecular weight is 1440 g/mol. The number of hydrogen-bond acceptors (Lipinski definition) is 11. The third-order valence-electron chi connectivity index (χ3n) is 9.66. The monoisotopic (exact) mass is 1440 g/mol. The van der Waals surface area contributed by atoms with Crippen LogP contribution in [-0.4, -0.2) is 72.0 Å². The van der Waals surface area contributed by atoms with Crippen molar-refractivity contribution in [2.24, 2.45) is 0 Å². The van der Waals surface area contributed by atoms with Gasteiger partial charge in [-0.2, -0.15) is 0 Å². The molecule has 0 aliphatic carbocycles. The number of aliphatic hydroxyl groups excluding tert-OH is 2. The maximum Gasteiger partial charge on any atom is 0.136 e. The summed E-state index contributed by atoms with van der Waals surface area (Å²) in [4.78, 5) is 16.5. The Morgan fingerprint density at radius 2 is 1.00 bits per heavy atom. The van der Waals surface area contributed by atoms with E-state index < -0.39 is 10.1 Å².